The van der Waals surface area contributed by atoms with E-state index in [1.807, 2.05) is 26.0 Å². The van der Waals surface area contributed by atoms with Crippen molar-refractivity contribution in [1.29, 1.82) is 0 Å². The van der Waals surface area contributed by atoms with Gasteiger partial charge in [-0.3, -0.25) is 4.79 Å². The topological polar surface area (TPSA) is 52.6 Å². The molecule has 0 spiro atoms. The molecule has 0 fully saturated rings. The average Bonchev–Trinajstić information content (AvgIpc) is 2.37. The van der Waals surface area contributed by atoms with Crippen LogP contribution in [-0.4, -0.2) is 25.7 Å². The van der Waals surface area contributed by atoms with Gasteiger partial charge in [-0.2, -0.15) is 0 Å². The fourth-order valence-corrected chi connectivity index (χ4v) is 1.85. The Kier molecular flexibility index (Phi) is 5.10. The highest BCUT2D eigenvalue weighted by atomic mass is 16.5. The van der Waals surface area contributed by atoms with E-state index < -0.39 is 0 Å². The molecule has 0 unspecified atom stereocenters. The van der Waals surface area contributed by atoms with Crippen LogP contribution in [0.15, 0.2) is 24.3 Å². The summed E-state index contributed by atoms with van der Waals surface area (Å²) in [7, 11) is 1.35. The molecule has 0 saturated carbocycles. The highest BCUT2D eigenvalue weighted by Gasteiger charge is 2.25. The Morgan fingerprint density at radius 1 is 1.16 bits per heavy atom. The molecule has 0 saturated heterocycles. The SMILES string of the molecule is CCOC(=O)CC(C)(C)c1ccc(C(=O)OC)cc1. The van der Waals surface area contributed by atoms with E-state index in [-0.39, 0.29) is 17.4 Å². The molecule has 0 bridgehead atoms. The zero-order chi connectivity index (χ0) is 14.5. The van der Waals surface area contributed by atoms with E-state index >= 15 is 0 Å². The first-order chi connectivity index (χ1) is 8.90. The molecule has 1 aromatic rings. The van der Waals surface area contributed by atoms with Crippen LogP contribution >= 0.6 is 0 Å². The number of carbonyl (C=O) groups is 2. The van der Waals surface area contributed by atoms with Crippen molar-refractivity contribution in [2.75, 3.05) is 13.7 Å². The predicted molar refractivity (Wildman–Crippen MR) is 72.1 cm³/mol. The Morgan fingerprint density at radius 2 is 1.74 bits per heavy atom. The number of methoxy groups -OCH3 is 1. The van der Waals surface area contributed by atoms with E-state index in [4.69, 9.17) is 4.74 Å². The number of ether oxygens (including phenoxy) is 2. The Labute approximate surface area is 113 Å². The molecule has 0 aliphatic carbocycles. The molecule has 0 aliphatic rings. The summed E-state index contributed by atoms with van der Waals surface area (Å²) in [6.07, 6.45) is 0.304. The lowest BCUT2D eigenvalue weighted by molar-refractivity contribution is -0.144. The molecule has 0 aliphatic heterocycles. The Bertz CT molecular complexity index is 446. The summed E-state index contributed by atoms with van der Waals surface area (Å²) in [5, 5.41) is 0. The van der Waals surface area contributed by atoms with Crippen LogP contribution in [0.1, 0.15) is 43.1 Å². The van der Waals surface area contributed by atoms with Gasteiger partial charge in [-0.15, -0.1) is 0 Å². The van der Waals surface area contributed by atoms with Crippen molar-refractivity contribution in [3.63, 3.8) is 0 Å². The van der Waals surface area contributed by atoms with Gasteiger partial charge in [0.2, 0.25) is 0 Å². The highest BCUT2D eigenvalue weighted by Crippen LogP contribution is 2.27. The van der Waals surface area contributed by atoms with Gasteiger partial charge in [0.1, 0.15) is 0 Å². The van der Waals surface area contributed by atoms with Crippen LogP contribution < -0.4 is 0 Å². The number of esters is 2. The maximum atomic E-state index is 11.6. The van der Waals surface area contributed by atoms with E-state index in [0.717, 1.165) is 5.56 Å². The minimum Gasteiger partial charge on any atom is -0.466 e. The van der Waals surface area contributed by atoms with Gasteiger partial charge in [0.15, 0.2) is 0 Å². The summed E-state index contributed by atoms with van der Waals surface area (Å²) in [5.41, 5.74) is 1.15. The van der Waals surface area contributed by atoms with Gasteiger partial charge in [0.25, 0.3) is 0 Å². The van der Waals surface area contributed by atoms with Crippen LogP contribution in [0.3, 0.4) is 0 Å². The van der Waals surface area contributed by atoms with E-state index in [1.54, 1.807) is 19.1 Å². The number of benzene rings is 1. The predicted octanol–water partition coefficient (Wildman–Crippen LogP) is 2.70. The minimum absolute atomic E-state index is 0.218. The lowest BCUT2D eigenvalue weighted by Gasteiger charge is -2.24. The lowest BCUT2D eigenvalue weighted by atomic mass is 9.81. The van der Waals surface area contributed by atoms with Gasteiger partial charge >= 0.3 is 11.9 Å². The van der Waals surface area contributed by atoms with Crippen molar-refractivity contribution < 1.29 is 19.1 Å². The molecular weight excluding hydrogens is 244 g/mol. The smallest absolute Gasteiger partial charge is 0.337 e. The zero-order valence-electron chi connectivity index (χ0n) is 11.9. The molecule has 1 aromatic carbocycles. The van der Waals surface area contributed by atoms with Crippen molar-refractivity contribution in [2.45, 2.75) is 32.6 Å². The molecule has 19 heavy (non-hydrogen) atoms. The summed E-state index contributed by atoms with van der Waals surface area (Å²) < 4.78 is 9.61. The summed E-state index contributed by atoms with van der Waals surface area (Å²) in [6, 6.07) is 7.08. The fourth-order valence-electron chi connectivity index (χ4n) is 1.85. The summed E-state index contributed by atoms with van der Waals surface area (Å²) in [4.78, 5) is 22.9. The maximum absolute atomic E-state index is 11.6. The van der Waals surface area contributed by atoms with Crippen LogP contribution in [-0.2, 0) is 19.7 Å². The van der Waals surface area contributed by atoms with Crippen molar-refractivity contribution in [3.8, 4) is 0 Å². The van der Waals surface area contributed by atoms with Gasteiger partial charge in [0.05, 0.1) is 25.7 Å². The average molecular weight is 264 g/mol. The summed E-state index contributed by atoms with van der Waals surface area (Å²) in [6.45, 7) is 6.11. The Morgan fingerprint density at radius 3 is 2.21 bits per heavy atom. The molecule has 0 aromatic heterocycles. The highest BCUT2D eigenvalue weighted by molar-refractivity contribution is 5.89. The Hall–Kier alpha value is -1.84. The molecule has 0 N–H and O–H groups in total. The van der Waals surface area contributed by atoms with Crippen LogP contribution in [0.5, 0.6) is 0 Å². The quantitative estimate of drug-likeness (QED) is 0.767. The molecule has 4 heteroatoms. The van der Waals surface area contributed by atoms with Crippen molar-refractivity contribution in [1.82, 2.24) is 0 Å². The fraction of sp³-hybridized carbons (Fsp3) is 0.467. The van der Waals surface area contributed by atoms with Crippen LogP contribution in [0, 0.1) is 0 Å². The summed E-state index contributed by atoms with van der Waals surface area (Å²) in [5.74, 6) is -0.584. The zero-order valence-corrected chi connectivity index (χ0v) is 11.9. The second kappa shape index (κ2) is 6.36. The van der Waals surface area contributed by atoms with Gasteiger partial charge in [-0.1, -0.05) is 26.0 Å². The standard InChI is InChI=1S/C15H20O4/c1-5-19-13(16)10-15(2,3)12-8-6-11(7-9-12)14(17)18-4/h6-9H,5,10H2,1-4H3. The number of rotatable bonds is 5. The van der Waals surface area contributed by atoms with E-state index in [9.17, 15) is 9.59 Å². The molecule has 0 atom stereocenters. The monoisotopic (exact) mass is 264 g/mol. The lowest BCUT2D eigenvalue weighted by Crippen LogP contribution is -2.23. The second-order valence-corrected chi connectivity index (χ2v) is 4.93. The van der Waals surface area contributed by atoms with Crippen LogP contribution in [0.4, 0.5) is 0 Å². The third-order valence-corrected chi connectivity index (χ3v) is 2.98. The minimum atomic E-state index is -0.366. The second-order valence-electron chi connectivity index (χ2n) is 4.93. The molecule has 0 radical (unpaired) electrons. The van der Waals surface area contributed by atoms with Gasteiger partial charge in [-0.05, 0) is 24.6 Å². The van der Waals surface area contributed by atoms with E-state index in [2.05, 4.69) is 4.74 Å². The number of hydrogen-bond donors (Lipinski definition) is 0. The van der Waals surface area contributed by atoms with Crippen LogP contribution in [0.25, 0.3) is 0 Å². The maximum Gasteiger partial charge on any atom is 0.337 e. The third-order valence-electron chi connectivity index (χ3n) is 2.98. The van der Waals surface area contributed by atoms with Gasteiger partial charge in [-0.25, -0.2) is 4.79 Å². The molecular formula is C15H20O4. The van der Waals surface area contributed by atoms with E-state index in [0.29, 0.717) is 18.6 Å². The summed E-state index contributed by atoms with van der Waals surface area (Å²) >= 11 is 0. The first kappa shape index (κ1) is 15.2. The van der Waals surface area contributed by atoms with Crippen LogP contribution in [0.2, 0.25) is 0 Å². The first-order valence-corrected chi connectivity index (χ1v) is 6.25. The largest absolute Gasteiger partial charge is 0.466 e. The number of hydrogen-bond acceptors (Lipinski definition) is 4. The Balaban J connectivity index is 2.84. The molecule has 4 nitrogen and oxygen atoms in total. The molecule has 0 amide bonds. The third kappa shape index (κ3) is 4.09. The van der Waals surface area contributed by atoms with Crippen molar-refractivity contribution in [2.24, 2.45) is 0 Å². The normalized spacial score (nSPS) is 10.9. The van der Waals surface area contributed by atoms with E-state index in [1.165, 1.54) is 7.11 Å². The van der Waals surface area contributed by atoms with Crippen molar-refractivity contribution in [3.05, 3.63) is 35.4 Å². The van der Waals surface area contributed by atoms with Gasteiger partial charge < -0.3 is 9.47 Å². The van der Waals surface area contributed by atoms with Gasteiger partial charge in [0, 0.05) is 5.41 Å². The molecule has 1 rings (SSSR count). The van der Waals surface area contributed by atoms with Crippen molar-refractivity contribution >= 4 is 11.9 Å². The first-order valence-electron chi connectivity index (χ1n) is 6.25. The number of carbonyl (C=O) groups excluding carboxylic acids is 2. The molecule has 104 valence electrons. The molecule has 0 heterocycles.